The van der Waals surface area contributed by atoms with Crippen LogP contribution in [0.2, 0.25) is 0 Å². The molecule has 0 bridgehead atoms. The Morgan fingerprint density at radius 3 is 1.53 bits per heavy atom. The van der Waals surface area contributed by atoms with Gasteiger partial charge in [0.05, 0.1) is 0 Å². The number of halogens is 8. The van der Waals surface area contributed by atoms with Gasteiger partial charge < -0.3 is 9.84 Å². The van der Waals surface area contributed by atoms with E-state index in [2.05, 4.69) is 4.74 Å². The van der Waals surface area contributed by atoms with Crippen LogP contribution in [0, 0.1) is 0 Å². The molecule has 1 aromatic rings. The van der Waals surface area contributed by atoms with E-state index < -0.39 is 41.6 Å². The minimum Gasteiger partial charge on any atom is -0.507 e. The van der Waals surface area contributed by atoms with Gasteiger partial charge in [-0.3, -0.25) is 0 Å². The molecule has 0 heterocycles. The Balaban J connectivity index is 3.48. The molecule has 0 fully saturated rings. The Morgan fingerprint density at radius 2 is 1.26 bits per heavy atom. The summed E-state index contributed by atoms with van der Waals surface area (Å²) >= 11 is 0. The zero-order valence-electron chi connectivity index (χ0n) is 8.61. The van der Waals surface area contributed by atoms with Gasteiger partial charge in [-0.1, -0.05) is 0 Å². The lowest BCUT2D eigenvalue weighted by Crippen LogP contribution is -2.13. The number of benzene rings is 1. The van der Waals surface area contributed by atoms with E-state index in [1.807, 2.05) is 0 Å². The average Bonchev–Trinajstić information content (AvgIpc) is 2.16. The van der Waals surface area contributed by atoms with Crippen LogP contribution in [-0.2, 0) is 12.4 Å². The van der Waals surface area contributed by atoms with Crippen LogP contribution in [0.3, 0.4) is 0 Å². The molecule has 1 N–H and O–H groups in total. The highest BCUT2D eigenvalue weighted by Gasteiger charge is 2.42. The fourth-order valence-corrected chi connectivity index (χ4v) is 1.21. The first-order valence-corrected chi connectivity index (χ1v) is 4.39. The first-order chi connectivity index (χ1) is 8.43. The molecule has 0 atom stereocenters. The number of rotatable bonds is 2. The number of phenols is 1. The molecular formula is C9H4F8O2. The lowest BCUT2D eigenvalue weighted by atomic mass is 10.1. The summed E-state index contributed by atoms with van der Waals surface area (Å²) in [6, 6.07) is -0.284. The molecule has 0 aliphatic rings. The van der Waals surface area contributed by atoms with Gasteiger partial charge in [-0.15, -0.1) is 0 Å². The first kappa shape index (κ1) is 15.3. The van der Waals surface area contributed by atoms with E-state index in [4.69, 9.17) is 5.11 Å². The molecule has 0 aliphatic carbocycles. The van der Waals surface area contributed by atoms with E-state index in [9.17, 15) is 35.1 Å². The number of phenolic OH excluding ortho intramolecular Hbond substituents is 1. The van der Waals surface area contributed by atoms with Crippen molar-refractivity contribution in [3.63, 3.8) is 0 Å². The summed E-state index contributed by atoms with van der Waals surface area (Å²) in [5, 5.41) is 8.94. The van der Waals surface area contributed by atoms with Crippen molar-refractivity contribution in [1.82, 2.24) is 0 Å². The second-order valence-electron chi connectivity index (χ2n) is 3.24. The predicted octanol–water partition coefficient (Wildman–Crippen LogP) is 4.03. The van der Waals surface area contributed by atoms with Gasteiger partial charge in [0.2, 0.25) is 0 Å². The summed E-state index contributed by atoms with van der Waals surface area (Å²) in [5.41, 5.74) is -4.23. The number of alkyl halides is 8. The zero-order valence-corrected chi connectivity index (χ0v) is 8.61. The predicted molar refractivity (Wildman–Crippen MR) is 44.7 cm³/mol. The van der Waals surface area contributed by atoms with Crippen molar-refractivity contribution in [2.45, 2.75) is 19.0 Å². The summed E-state index contributed by atoms with van der Waals surface area (Å²) in [7, 11) is 0. The van der Waals surface area contributed by atoms with Gasteiger partial charge in [-0.05, 0) is 12.1 Å². The van der Waals surface area contributed by atoms with Gasteiger partial charge in [0, 0.05) is 0 Å². The Morgan fingerprint density at radius 1 is 0.895 bits per heavy atom. The SMILES string of the molecule is Oc1c(C(F)(F)F)cc(OC(F)F)cc1C(F)(F)F. The third kappa shape index (κ3) is 3.61. The van der Waals surface area contributed by atoms with E-state index in [0.29, 0.717) is 0 Å². The maximum absolute atomic E-state index is 12.4. The zero-order chi connectivity index (χ0) is 15.0. The molecule has 0 radical (unpaired) electrons. The monoisotopic (exact) mass is 296 g/mol. The molecule has 1 rings (SSSR count). The third-order valence-corrected chi connectivity index (χ3v) is 1.92. The smallest absolute Gasteiger partial charge is 0.420 e. The summed E-state index contributed by atoms with van der Waals surface area (Å²) in [6.45, 7) is -3.60. The van der Waals surface area contributed by atoms with Crippen molar-refractivity contribution in [3.8, 4) is 11.5 Å². The van der Waals surface area contributed by atoms with Gasteiger partial charge in [-0.2, -0.15) is 35.1 Å². The maximum atomic E-state index is 12.4. The fraction of sp³-hybridized carbons (Fsp3) is 0.333. The van der Waals surface area contributed by atoms with Crippen molar-refractivity contribution in [3.05, 3.63) is 23.3 Å². The van der Waals surface area contributed by atoms with Crippen molar-refractivity contribution >= 4 is 0 Å². The van der Waals surface area contributed by atoms with Crippen LogP contribution in [0.4, 0.5) is 35.1 Å². The third-order valence-electron chi connectivity index (χ3n) is 1.92. The van der Waals surface area contributed by atoms with Crippen LogP contribution in [-0.4, -0.2) is 11.7 Å². The van der Waals surface area contributed by atoms with Gasteiger partial charge in [0.15, 0.2) is 0 Å². The average molecular weight is 296 g/mol. The van der Waals surface area contributed by atoms with E-state index in [0.717, 1.165) is 0 Å². The second kappa shape index (κ2) is 4.74. The summed E-state index contributed by atoms with van der Waals surface area (Å²) in [6.07, 6.45) is -10.7. The quantitative estimate of drug-likeness (QED) is 0.835. The minimum atomic E-state index is -5.36. The summed E-state index contributed by atoms with van der Waals surface area (Å²) < 4.78 is 101. The van der Waals surface area contributed by atoms with E-state index in [1.165, 1.54) is 0 Å². The van der Waals surface area contributed by atoms with Gasteiger partial charge in [0.1, 0.15) is 22.6 Å². The molecule has 0 spiro atoms. The summed E-state index contributed by atoms with van der Waals surface area (Å²) in [5.74, 6) is -3.45. The maximum Gasteiger partial charge on any atom is 0.420 e. The molecule has 2 nitrogen and oxygen atoms in total. The molecule has 108 valence electrons. The van der Waals surface area contributed by atoms with Crippen LogP contribution in [0.15, 0.2) is 12.1 Å². The lowest BCUT2D eigenvalue weighted by molar-refractivity contribution is -0.146. The van der Waals surface area contributed by atoms with Crippen molar-refractivity contribution in [1.29, 1.82) is 0 Å². The molecule has 0 amide bonds. The minimum absolute atomic E-state index is 0.142. The molecule has 0 aromatic heterocycles. The van der Waals surface area contributed by atoms with Crippen molar-refractivity contribution in [2.75, 3.05) is 0 Å². The van der Waals surface area contributed by atoms with Crippen LogP contribution in [0.1, 0.15) is 11.1 Å². The highest BCUT2D eigenvalue weighted by atomic mass is 19.4. The van der Waals surface area contributed by atoms with Crippen LogP contribution >= 0.6 is 0 Å². The van der Waals surface area contributed by atoms with Gasteiger partial charge >= 0.3 is 19.0 Å². The normalized spacial score (nSPS) is 12.9. The van der Waals surface area contributed by atoms with E-state index >= 15 is 0 Å². The molecule has 10 heteroatoms. The Hall–Kier alpha value is -1.74. The standard InChI is InChI=1S/C9H4F8O2/c10-7(11)19-3-1-4(8(12,13)14)6(18)5(2-3)9(15,16)17/h1-2,7,18H. The largest absolute Gasteiger partial charge is 0.507 e. The number of ether oxygens (including phenoxy) is 1. The van der Waals surface area contributed by atoms with Crippen molar-refractivity contribution in [2.24, 2.45) is 0 Å². The number of aromatic hydroxyl groups is 1. The molecule has 0 saturated carbocycles. The van der Waals surface area contributed by atoms with Crippen LogP contribution < -0.4 is 4.74 Å². The lowest BCUT2D eigenvalue weighted by Gasteiger charge is -2.16. The summed E-state index contributed by atoms with van der Waals surface area (Å²) in [4.78, 5) is 0. The topological polar surface area (TPSA) is 29.5 Å². The Bertz CT molecular complexity index is 427. The highest BCUT2D eigenvalue weighted by Crippen LogP contribution is 2.45. The molecular weight excluding hydrogens is 292 g/mol. The highest BCUT2D eigenvalue weighted by molar-refractivity contribution is 5.49. The molecule has 0 aliphatic heterocycles. The first-order valence-electron chi connectivity index (χ1n) is 4.39. The Labute approximate surface area is 99.8 Å². The van der Waals surface area contributed by atoms with E-state index in [1.54, 1.807) is 0 Å². The fourth-order valence-electron chi connectivity index (χ4n) is 1.21. The molecule has 1 aromatic carbocycles. The number of hydrogen-bond acceptors (Lipinski definition) is 2. The molecule has 0 unspecified atom stereocenters. The Kier molecular flexibility index (Phi) is 3.82. The molecule has 0 saturated heterocycles. The van der Waals surface area contributed by atoms with Crippen LogP contribution in [0.5, 0.6) is 11.5 Å². The van der Waals surface area contributed by atoms with Gasteiger partial charge in [0.25, 0.3) is 0 Å². The number of hydrogen-bond donors (Lipinski definition) is 1. The van der Waals surface area contributed by atoms with Crippen molar-refractivity contribution < 1.29 is 45.0 Å². The second-order valence-corrected chi connectivity index (χ2v) is 3.24. The van der Waals surface area contributed by atoms with Gasteiger partial charge in [-0.25, -0.2) is 0 Å². The van der Waals surface area contributed by atoms with Crippen LogP contribution in [0.25, 0.3) is 0 Å². The van der Waals surface area contributed by atoms with E-state index in [-0.39, 0.29) is 12.1 Å². The molecule has 19 heavy (non-hydrogen) atoms.